The fourth-order valence-corrected chi connectivity index (χ4v) is 3.30. The highest BCUT2D eigenvalue weighted by Crippen LogP contribution is 2.32. The zero-order valence-corrected chi connectivity index (χ0v) is 16.3. The standard InChI is InChI=1S/C20H21IN4/c1-2-3-6-15-9-11-17-16-7-4-5-8-18(16)25(19(17)12-10-15)20(22)24-14-23-13-21/h4-5,7-15,22H,2-3,6H2,1H3. The first kappa shape index (κ1) is 17.8. The van der Waals surface area contributed by atoms with Crippen LogP contribution in [0, 0.1) is 11.3 Å². The Hall–Kier alpha value is -2.02. The van der Waals surface area contributed by atoms with Gasteiger partial charge in [0.15, 0.2) is 0 Å². The summed E-state index contributed by atoms with van der Waals surface area (Å²) in [6.07, 6.45) is 13.9. The number of allylic oxidation sites excluding steroid dienone is 2. The lowest BCUT2D eigenvalue weighted by Crippen LogP contribution is -2.09. The zero-order valence-electron chi connectivity index (χ0n) is 14.2. The number of benzene rings is 1. The third-order valence-electron chi connectivity index (χ3n) is 4.37. The average molecular weight is 444 g/mol. The molecule has 0 saturated heterocycles. The molecule has 0 bridgehead atoms. The number of fused-ring (bicyclic) bond motifs is 3. The summed E-state index contributed by atoms with van der Waals surface area (Å²) in [6.45, 7) is 2.22. The number of hydrogen-bond donors (Lipinski definition) is 1. The maximum absolute atomic E-state index is 8.41. The summed E-state index contributed by atoms with van der Waals surface area (Å²) >= 11 is 2.03. The molecule has 128 valence electrons. The Morgan fingerprint density at radius 3 is 2.88 bits per heavy atom. The minimum Gasteiger partial charge on any atom is -0.278 e. The van der Waals surface area contributed by atoms with Crippen molar-refractivity contribution in [3.05, 3.63) is 47.7 Å². The molecule has 1 N–H and O–H groups in total. The average Bonchev–Trinajstić information content (AvgIpc) is 2.79. The molecule has 0 saturated carbocycles. The molecule has 5 heteroatoms. The monoisotopic (exact) mass is 444 g/mol. The van der Waals surface area contributed by atoms with Crippen LogP contribution in [0.15, 0.2) is 46.4 Å². The molecule has 3 rings (SSSR count). The molecular formula is C20H21IN4. The molecule has 1 unspecified atom stereocenters. The van der Waals surface area contributed by atoms with Gasteiger partial charge in [0.1, 0.15) is 6.34 Å². The number of aliphatic imine (C=N–C) groups is 2. The molecule has 0 spiro atoms. The molecule has 1 aromatic heterocycles. The molecule has 1 aliphatic carbocycles. The Kier molecular flexibility index (Phi) is 5.96. The van der Waals surface area contributed by atoms with E-state index in [4.69, 9.17) is 5.41 Å². The third-order valence-corrected chi connectivity index (χ3v) is 4.69. The van der Waals surface area contributed by atoms with Gasteiger partial charge in [-0.2, -0.15) is 0 Å². The van der Waals surface area contributed by atoms with Gasteiger partial charge in [0.25, 0.3) is 0 Å². The van der Waals surface area contributed by atoms with Crippen molar-refractivity contribution in [1.82, 2.24) is 4.57 Å². The third kappa shape index (κ3) is 3.81. The largest absolute Gasteiger partial charge is 0.278 e. The van der Waals surface area contributed by atoms with Crippen LogP contribution in [0.5, 0.6) is 0 Å². The molecular weight excluding hydrogens is 423 g/mol. The second-order valence-electron chi connectivity index (χ2n) is 5.99. The van der Waals surface area contributed by atoms with Gasteiger partial charge >= 0.3 is 0 Å². The normalized spacial score (nSPS) is 16.8. The van der Waals surface area contributed by atoms with Gasteiger partial charge in [0.05, 0.1) is 15.4 Å². The molecule has 2 aromatic rings. The second-order valence-corrected chi connectivity index (χ2v) is 6.55. The Morgan fingerprint density at radius 2 is 2.08 bits per heavy atom. The van der Waals surface area contributed by atoms with Gasteiger partial charge < -0.3 is 0 Å². The van der Waals surface area contributed by atoms with Crippen LogP contribution >= 0.6 is 22.6 Å². The van der Waals surface area contributed by atoms with Crippen LogP contribution in [-0.4, -0.2) is 21.1 Å². The summed E-state index contributed by atoms with van der Waals surface area (Å²) in [5.74, 6) is 0.616. The van der Waals surface area contributed by atoms with Crippen LogP contribution in [-0.2, 0) is 0 Å². The van der Waals surface area contributed by atoms with Crippen molar-refractivity contribution in [3.63, 3.8) is 0 Å². The lowest BCUT2D eigenvalue weighted by molar-refractivity contribution is 0.646. The molecule has 4 nitrogen and oxygen atoms in total. The minimum absolute atomic E-state index is 0.171. The fraction of sp³-hybridized carbons (Fsp3) is 0.250. The fourth-order valence-electron chi connectivity index (χ4n) is 3.15. The quantitative estimate of drug-likeness (QED) is 0.354. The topological polar surface area (TPSA) is 53.5 Å². The van der Waals surface area contributed by atoms with Crippen molar-refractivity contribution >= 4 is 62.2 Å². The SMILES string of the molecule is CCCCC1C=Cc2c(n(C(=N)N=CN=CI)c3ccccc23)C=C1. The van der Waals surface area contributed by atoms with E-state index in [0.29, 0.717) is 5.92 Å². The zero-order chi connectivity index (χ0) is 17.6. The predicted octanol–water partition coefficient (Wildman–Crippen LogP) is 5.76. The second kappa shape index (κ2) is 8.38. The van der Waals surface area contributed by atoms with Crippen molar-refractivity contribution in [2.24, 2.45) is 15.9 Å². The number of halogens is 1. The number of aromatic nitrogens is 1. The molecule has 1 heterocycles. The Labute approximate surface area is 161 Å². The number of para-hydroxylation sites is 1. The van der Waals surface area contributed by atoms with Crippen LogP contribution in [0.4, 0.5) is 0 Å². The number of rotatable bonds is 4. The summed E-state index contributed by atoms with van der Waals surface area (Å²) in [5.41, 5.74) is 3.16. The van der Waals surface area contributed by atoms with Gasteiger partial charge in [0.2, 0.25) is 5.96 Å². The van der Waals surface area contributed by atoms with Crippen molar-refractivity contribution in [3.8, 4) is 0 Å². The maximum Gasteiger partial charge on any atom is 0.228 e. The minimum atomic E-state index is 0.171. The summed E-state index contributed by atoms with van der Waals surface area (Å²) < 4.78 is 3.52. The van der Waals surface area contributed by atoms with Crippen molar-refractivity contribution < 1.29 is 0 Å². The Balaban J connectivity index is 2.09. The highest BCUT2D eigenvalue weighted by atomic mass is 127. The molecule has 1 aromatic carbocycles. The van der Waals surface area contributed by atoms with Gasteiger partial charge in [-0.3, -0.25) is 9.98 Å². The molecule has 1 atom stereocenters. The number of nitrogens with one attached hydrogen (secondary N) is 1. The summed E-state index contributed by atoms with van der Waals surface area (Å²) in [7, 11) is 0. The van der Waals surface area contributed by atoms with E-state index in [0.717, 1.165) is 28.6 Å². The van der Waals surface area contributed by atoms with Gasteiger partial charge in [-0.25, -0.2) is 9.98 Å². The van der Waals surface area contributed by atoms with Crippen molar-refractivity contribution in [2.75, 3.05) is 0 Å². The highest BCUT2D eigenvalue weighted by molar-refractivity contribution is 14.1. The van der Waals surface area contributed by atoms with E-state index in [1.807, 2.05) is 45.4 Å². The molecule has 0 aliphatic heterocycles. The van der Waals surface area contributed by atoms with Crippen LogP contribution in [0.25, 0.3) is 23.1 Å². The number of unbranched alkanes of at least 4 members (excludes halogenated alkanes) is 1. The first-order valence-electron chi connectivity index (χ1n) is 8.49. The molecule has 1 aliphatic rings. The van der Waals surface area contributed by atoms with Gasteiger partial charge in [-0.05, 0) is 47.1 Å². The van der Waals surface area contributed by atoms with E-state index in [9.17, 15) is 0 Å². The van der Waals surface area contributed by atoms with Crippen LogP contribution in [0.2, 0.25) is 0 Å². The first-order chi connectivity index (χ1) is 12.3. The van der Waals surface area contributed by atoms with E-state index in [-0.39, 0.29) is 5.96 Å². The smallest absolute Gasteiger partial charge is 0.228 e. The Bertz CT molecular complexity index is 886. The lowest BCUT2D eigenvalue weighted by Gasteiger charge is -2.07. The van der Waals surface area contributed by atoms with Gasteiger partial charge in [0, 0.05) is 10.9 Å². The summed E-state index contributed by atoms with van der Waals surface area (Å²) in [5, 5.41) is 9.56. The molecule has 0 fully saturated rings. The number of nitrogens with zero attached hydrogens (tertiary/aromatic N) is 3. The van der Waals surface area contributed by atoms with Gasteiger partial charge in [-0.1, -0.05) is 56.2 Å². The van der Waals surface area contributed by atoms with Crippen molar-refractivity contribution in [2.45, 2.75) is 26.2 Å². The van der Waals surface area contributed by atoms with E-state index >= 15 is 0 Å². The maximum atomic E-state index is 8.41. The number of hydrogen-bond acceptors (Lipinski definition) is 1. The predicted molar refractivity (Wildman–Crippen MR) is 117 cm³/mol. The highest BCUT2D eigenvalue weighted by Gasteiger charge is 2.18. The van der Waals surface area contributed by atoms with Crippen LogP contribution in [0.3, 0.4) is 0 Å². The molecule has 25 heavy (non-hydrogen) atoms. The van der Waals surface area contributed by atoms with E-state index < -0.39 is 0 Å². The van der Waals surface area contributed by atoms with Crippen LogP contribution < -0.4 is 0 Å². The molecule has 0 amide bonds. The van der Waals surface area contributed by atoms with E-state index in [1.54, 1.807) is 4.22 Å². The molecule has 0 radical (unpaired) electrons. The van der Waals surface area contributed by atoms with Crippen LogP contribution in [0.1, 0.15) is 37.4 Å². The van der Waals surface area contributed by atoms with Gasteiger partial charge in [-0.15, -0.1) is 0 Å². The van der Waals surface area contributed by atoms with E-state index in [2.05, 4.69) is 47.3 Å². The Morgan fingerprint density at radius 1 is 1.28 bits per heavy atom. The van der Waals surface area contributed by atoms with Crippen molar-refractivity contribution in [1.29, 1.82) is 5.41 Å². The van der Waals surface area contributed by atoms with E-state index in [1.165, 1.54) is 19.2 Å². The lowest BCUT2D eigenvalue weighted by atomic mass is 10.0. The summed E-state index contributed by atoms with van der Waals surface area (Å²) in [6, 6.07) is 8.17. The first-order valence-corrected chi connectivity index (χ1v) is 9.74. The summed E-state index contributed by atoms with van der Waals surface area (Å²) in [4.78, 5) is 8.14.